The summed E-state index contributed by atoms with van der Waals surface area (Å²) in [7, 11) is 6.75. The fraction of sp³-hybridized carbons (Fsp3) is 0.294. The van der Waals surface area contributed by atoms with Gasteiger partial charge in [-0.1, -0.05) is 30.4 Å². The molecule has 0 fully saturated rings. The topological polar surface area (TPSA) is 4.93 Å². The van der Waals surface area contributed by atoms with Crippen LogP contribution in [0.3, 0.4) is 0 Å². The van der Waals surface area contributed by atoms with Gasteiger partial charge in [-0.05, 0) is 12.1 Å². The number of nitrogens with zero attached hydrogens (tertiary/aromatic N) is 2. The summed E-state index contributed by atoms with van der Waals surface area (Å²) in [6.07, 6.45) is 9.70. The summed E-state index contributed by atoms with van der Waals surface area (Å²) in [5.41, 5.74) is 4.24. The van der Waals surface area contributed by atoms with Crippen LogP contribution in [-0.2, 0) is 13.0 Å². The normalized spacial score (nSPS) is 13.9. The molecule has 3 heteroatoms. The third-order valence-electron chi connectivity index (χ3n) is 3.55. The fourth-order valence-electron chi connectivity index (χ4n) is 2.82. The average molecular weight is 380 g/mol. The van der Waals surface area contributed by atoms with E-state index in [2.05, 4.69) is 74.4 Å². The molecule has 106 valence electrons. The summed E-state index contributed by atoms with van der Waals surface area (Å²) in [5, 5.41) is 1.39. The first-order chi connectivity index (χ1) is 9.06. The van der Waals surface area contributed by atoms with Gasteiger partial charge >= 0.3 is 0 Å². The zero-order valence-corrected chi connectivity index (χ0v) is 14.5. The van der Waals surface area contributed by atoms with Gasteiger partial charge in [0.25, 0.3) is 0 Å². The molecule has 1 aliphatic heterocycles. The molecule has 0 amide bonds. The van der Waals surface area contributed by atoms with Crippen LogP contribution in [0.15, 0.2) is 42.5 Å². The molecule has 0 spiro atoms. The summed E-state index contributed by atoms with van der Waals surface area (Å²) in [4.78, 5) is 0. The van der Waals surface area contributed by atoms with Crippen LogP contribution in [-0.4, -0.2) is 30.2 Å². The lowest BCUT2D eigenvalue weighted by Gasteiger charge is -2.24. The van der Waals surface area contributed by atoms with Crippen LogP contribution in [0.5, 0.6) is 0 Å². The lowest BCUT2D eigenvalue weighted by atomic mass is 10.1. The summed E-state index contributed by atoms with van der Waals surface area (Å²) < 4.78 is 3.30. The first-order valence-electron chi connectivity index (χ1n) is 6.81. The largest absolute Gasteiger partial charge is 1.00 e. The molecule has 0 bridgehead atoms. The third kappa shape index (κ3) is 2.83. The SMILES string of the molecule is C[N+](C)(C)Cc1c2n(c3ccccc13)C=CC=CC2.[I-]. The number of halogens is 1. The average Bonchev–Trinajstić information content (AvgIpc) is 2.54. The van der Waals surface area contributed by atoms with Crippen molar-refractivity contribution in [3.8, 4) is 0 Å². The number of aromatic nitrogens is 1. The van der Waals surface area contributed by atoms with E-state index in [1.165, 1.54) is 22.2 Å². The Labute approximate surface area is 138 Å². The van der Waals surface area contributed by atoms with E-state index in [9.17, 15) is 0 Å². The van der Waals surface area contributed by atoms with Gasteiger partial charge in [0.05, 0.1) is 26.7 Å². The van der Waals surface area contributed by atoms with Gasteiger partial charge in [0.1, 0.15) is 6.54 Å². The first kappa shape index (κ1) is 15.3. The predicted molar refractivity (Wildman–Crippen MR) is 81.8 cm³/mol. The van der Waals surface area contributed by atoms with E-state index in [0.29, 0.717) is 0 Å². The Morgan fingerprint density at radius 1 is 1.10 bits per heavy atom. The molecular formula is C17H21IN2. The zero-order chi connectivity index (χ0) is 13.5. The van der Waals surface area contributed by atoms with Gasteiger partial charge in [-0.2, -0.15) is 0 Å². The van der Waals surface area contributed by atoms with Crippen molar-refractivity contribution in [2.24, 2.45) is 0 Å². The molecule has 0 N–H and O–H groups in total. The molecule has 0 saturated carbocycles. The molecule has 1 aliphatic rings. The number of benzene rings is 1. The highest BCUT2D eigenvalue weighted by atomic mass is 127. The number of hydrogen-bond donors (Lipinski definition) is 0. The number of rotatable bonds is 2. The molecule has 1 aromatic carbocycles. The van der Waals surface area contributed by atoms with Gasteiger partial charge in [-0.3, -0.25) is 0 Å². The number of para-hydroxylation sites is 1. The van der Waals surface area contributed by atoms with Crippen LogP contribution in [0.1, 0.15) is 11.3 Å². The molecule has 2 heterocycles. The standard InChI is InChI=1S/C17H21N2.HI/c1-19(2,3)13-15-14-9-6-7-11-16(14)18-12-8-4-5-10-17(15)18;/h4-9,11-12H,10,13H2,1-3H3;1H/q+1;/p-1. The Hall–Kier alpha value is -1.07. The van der Waals surface area contributed by atoms with E-state index in [1.807, 2.05) is 0 Å². The maximum absolute atomic E-state index is 2.35. The van der Waals surface area contributed by atoms with Crippen molar-refractivity contribution >= 4 is 17.1 Å². The predicted octanol–water partition coefficient (Wildman–Crippen LogP) is 0.434. The van der Waals surface area contributed by atoms with Crippen LogP contribution in [0, 0.1) is 0 Å². The molecular weight excluding hydrogens is 359 g/mol. The highest BCUT2D eigenvalue weighted by Gasteiger charge is 2.20. The Kier molecular flexibility index (Phi) is 4.39. The van der Waals surface area contributed by atoms with Crippen LogP contribution in [0.25, 0.3) is 17.1 Å². The second kappa shape index (κ2) is 5.74. The summed E-state index contributed by atoms with van der Waals surface area (Å²) in [6, 6.07) is 8.73. The van der Waals surface area contributed by atoms with Crippen molar-refractivity contribution in [1.29, 1.82) is 0 Å². The molecule has 2 nitrogen and oxygen atoms in total. The maximum Gasteiger partial charge on any atom is 0.106 e. The number of hydrogen-bond acceptors (Lipinski definition) is 0. The van der Waals surface area contributed by atoms with Crippen molar-refractivity contribution in [2.45, 2.75) is 13.0 Å². The molecule has 0 unspecified atom stereocenters. The van der Waals surface area contributed by atoms with Crippen LogP contribution in [0.4, 0.5) is 0 Å². The summed E-state index contributed by atoms with van der Waals surface area (Å²) >= 11 is 0. The smallest absolute Gasteiger partial charge is 0.106 e. The second-order valence-corrected chi connectivity index (χ2v) is 6.23. The Morgan fingerprint density at radius 2 is 1.85 bits per heavy atom. The summed E-state index contributed by atoms with van der Waals surface area (Å²) in [6.45, 7) is 1.06. The molecule has 20 heavy (non-hydrogen) atoms. The van der Waals surface area contributed by atoms with Gasteiger partial charge in [0.15, 0.2) is 0 Å². The highest BCUT2D eigenvalue weighted by molar-refractivity contribution is 5.87. The van der Waals surface area contributed by atoms with E-state index in [-0.39, 0.29) is 24.0 Å². The van der Waals surface area contributed by atoms with Gasteiger partial charge in [0.2, 0.25) is 0 Å². The quantitative estimate of drug-likeness (QED) is 0.526. The Balaban J connectivity index is 0.00000147. The Morgan fingerprint density at radius 3 is 2.60 bits per heavy atom. The highest BCUT2D eigenvalue weighted by Crippen LogP contribution is 2.30. The van der Waals surface area contributed by atoms with Crippen molar-refractivity contribution in [3.63, 3.8) is 0 Å². The van der Waals surface area contributed by atoms with Crippen molar-refractivity contribution in [3.05, 3.63) is 53.8 Å². The lowest BCUT2D eigenvalue weighted by molar-refractivity contribution is -0.883. The van der Waals surface area contributed by atoms with Gasteiger partial charge in [-0.15, -0.1) is 0 Å². The van der Waals surface area contributed by atoms with Crippen molar-refractivity contribution in [2.75, 3.05) is 21.1 Å². The van der Waals surface area contributed by atoms with Crippen molar-refractivity contribution < 1.29 is 28.5 Å². The minimum absolute atomic E-state index is 0. The molecule has 3 rings (SSSR count). The minimum atomic E-state index is 0. The molecule has 0 saturated heterocycles. The Bertz CT molecular complexity index is 672. The molecule has 0 radical (unpaired) electrons. The van der Waals surface area contributed by atoms with Gasteiger partial charge < -0.3 is 33.0 Å². The van der Waals surface area contributed by atoms with Crippen molar-refractivity contribution in [1.82, 2.24) is 4.57 Å². The van der Waals surface area contributed by atoms with Crippen LogP contribution >= 0.6 is 0 Å². The van der Waals surface area contributed by atoms with E-state index >= 15 is 0 Å². The molecule has 2 aromatic rings. The third-order valence-corrected chi connectivity index (χ3v) is 3.55. The molecule has 0 aliphatic carbocycles. The second-order valence-electron chi connectivity index (χ2n) is 6.23. The minimum Gasteiger partial charge on any atom is -1.00 e. The van der Waals surface area contributed by atoms with Crippen LogP contribution < -0.4 is 24.0 Å². The number of allylic oxidation sites excluding steroid dienone is 3. The van der Waals surface area contributed by atoms with E-state index in [1.54, 1.807) is 0 Å². The molecule has 0 atom stereocenters. The maximum atomic E-state index is 2.35. The van der Waals surface area contributed by atoms with E-state index in [4.69, 9.17) is 0 Å². The lowest BCUT2D eigenvalue weighted by Crippen LogP contribution is -3.00. The zero-order valence-electron chi connectivity index (χ0n) is 12.3. The summed E-state index contributed by atoms with van der Waals surface area (Å²) in [5.74, 6) is 0. The number of quaternary nitrogens is 1. The fourth-order valence-corrected chi connectivity index (χ4v) is 2.82. The monoisotopic (exact) mass is 380 g/mol. The van der Waals surface area contributed by atoms with Crippen LogP contribution in [0.2, 0.25) is 0 Å². The first-order valence-corrected chi connectivity index (χ1v) is 6.81. The molecule has 1 aromatic heterocycles. The van der Waals surface area contributed by atoms with Gasteiger partial charge in [0, 0.05) is 29.3 Å². The van der Waals surface area contributed by atoms with Gasteiger partial charge in [-0.25, -0.2) is 0 Å². The van der Waals surface area contributed by atoms with E-state index < -0.39 is 0 Å². The number of fused-ring (bicyclic) bond motifs is 3. The van der Waals surface area contributed by atoms with E-state index in [0.717, 1.165) is 17.4 Å².